The lowest BCUT2D eigenvalue weighted by molar-refractivity contribution is -0.123. The van der Waals surface area contributed by atoms with Crippen LogP contribution in [0.25, 0.3) is 10.2 Å². The first-order chi connectivity index (χ1) is 13.1. The van der Waals surface area contributed by atoms with Crippen LogP contribution < -0.4 is 16.0 Å². The number of hydrogen-bond donors (Lipinski definition) is 3. The minimum absolute atomic E-state index is 0.0524. The normalized spacial score (nSPS) is 19.6. The Morgan fingerprint density at radius 2 is 2.19 bits per heavy atom. The molecule has 2 heterocycles. The van der Waals surface area contributed by atoms with Crippen LogP contribution >= 0.6 is 23.1 Å². The second-order valence-electron chi connectivity index (χ2n) is 6.84. The van der Waals surface area contributed by atoms with Crippen molar-refractivity contribution in [3.05, 3.63) is 18.2 Å². The highest BCUT2D eigenvalue weighted by Crippen LogP contribution is 2.31. The summed E-state index contributed by atoms with van der Waals surface area (Å²) in [5.41, 5.74) is 1.53. The van der Waals surface area contributed by atoms with E-state index in [2.05, 4.69) is 20.9 Å². The van der Waals surface area contributed by atoms with Crippen LogP contribution in [0.4, 0.5) is 5.69 Å². The zero-order valence-electron chi connectivity index (χ0n) is 14.6. The van der Waals surface area contributed by atoms with E-state index in [1.165, 1.54) is 29.5 Å². The summed E-state index contributed by atoms with van der Waals surface area (Å²) in [7, 11) is 0. The number of carbonyl (C=O) groups is 3. The van der Waals surface area contributed by atoms with Gasteiger partial charge in [-0.1, -0.05) is 11.8 Å². The predicted octanol–water partition coefficient (Wildman–Crippen LogP) is 2.13. The highest BCUT2D eigenvalue weighted by Gasteiger charge is 2.28. The fourth-order valence-electron chi connectivity index (χ4n) is 3.03. The molecule has 1 saturated heterocycles. The smallest absolute Gasteiger partial charge is 0.230 e. The first kappa shape index (κ1) is 18.2. The maximum absolute atomic E-state index is 12.2. The molecule has 27 heavy (non-hydrogen) atoms. The van der Waals surface area contributed by atoms with Crippen LogP contribution in [0.15, 0.2) is 22.5 Å². The number of hydrogen-bond acceptors (Lipinski definition) is 6. The van der Waals surface area contributed by atoms with Crippen LogP contribution in [0, 0.1) is 5.92 Å². The van der Waals surface area contributed by atoms with E-state index in [9.17, 15) is 14.4 Å². The summed E-state index contributed by atoms with van der Waals surface area (Å²) in [5, 5.41) is 8.56. The zero-order chi connectivity index (χ0) is 18.8. The Kier molecular flexibility index (Phi) is 5.31. The quantitative estimate of drug-likeness (QED) is 0.641. The van der Waals surface area contributed by atoms with Gasteiger partial charge < -0.3 is 16.0 Å². The van der Waals surface area contributed by atoms with E-state index >= 15 is 0 Å². The molecule has 0 bridgehead atoms. The van der Waals surface area contributed by atoms with Gasteiger partial charge in [-0.25, -0.2) is 4.98 Å². The lowest BCUT2D eigenvalue weighted by Gasteiger charge is -2.26. The Balaban J connectivity index is 1.35. The molecule has 3 amide bonds. The largest absolute Gasteiger partial charge is 0.355 e. The van der Waals surface area contributed by atoms with Gasteiger partial charge >= 0.3 is 0 Å². The summed E-state index contributed by atoms with van der Waals surface area (Å²) in [6, 6.07) is 5.90. The SMILES string of the molecule is O=C1CC(C(=O)Nc2ccc3nc(SCC(=O)NC4CCC4)sc3c2)CN1. The van der Waals surface area contributed by atoms with Crippen molar-refractivity contribution < 1.29 is 14.4 Å². The fourth-order valence-corrected chi connectivity index (χ4v) is 4.95. The van der Waals surface area contributed by atoms with E-state index in [1.54, 1.807) is 0 Å². The molecule has 1 unspecified atom stereocenters. The van der Waals surface area contributed by atoms with Crippen LogP contribution in [0.5, 0.6) is 0 Å². The molecule has 1 atom stereocenters. The van der Waals surface area contributed by atoms with Crippen molar-refractivity contribution in [3.63, 3.8) is 0 Å². The molecule has 9 heteroatoms. The summed E-state index contributed by atoms with van der Waals surface area (Å²) in [5.74, 6) is -0.148. The number of thioether (sulfide) groups is 1. The maximum Gasteiger partial charge on any atom is 0.230 e. The lowest BCUT2D eigenvalue weighted by Crippen LogP contribution is -2.40. The molecule has 2 aliphatic rings. The summed E-state index contributed by atoms with van der Waals surface area (Å²) in [6.07, 6.45) is 3.59. The third-order valence-corrected chi connectivity index (χ3v) is 6.94. The zero-order valence-corrected chi connectivity index (χ0v) is 16.3. The number of nitrogens with zero attached hydrogens (tertiary/aromatic N) is 1. The van der Waals surface area contributed by atoms with Crippen molar-refractivity contribution in [2.45, 2.75) is 36.1 Å². The van der Waals surface area contributed by atoms with Crippen LogP contribution in [-0.4, -0.2) is 41.0 Å². The third kappa shape index (κ3) is 4.41. The lowest BCUT2D eigenvalue weighted by atomic mass is 9.93. The molecule has 1 aliphatic heterocycles. The van der Waals surface area contributed by atoms with Gasteiger partial charge in [-0.2, -0.15) is 0 Å². The van der Waals surface area contributed by atoms with E-state index in [0.29, 0.717) is 24.0 Å². The average molecular weight is 405 g/mol. The topological polar surface area (TPSA) is 100 Å². The van der Waals surface area contributed by atoms with Crippen LogP contribution in [0.3, 0.4) is 0 Å². The molecule has 1 aromatic carbocycles. The number of carbonyl (C=O) groups excluding carboxylic acids is 3. The number of thiazole rings is 1. The van der Waals surface area contributed by atoms with Gasteiger partial charge in [-0.3, -0.25) is 14.4 Å². The molecule has 0 spiro atoms. The van der Waals surface area contributed by atoms with Crippen LogP contribution in [0.1, 0.15) is 25.7 Å². The van der Waals surface area contributed by atoms with E-state index in [4.69, 9.17) is 0 Å². The Hall–Kier alpha value is -2.13. The first-order valence-electron chi connectivity index (χ1n) is 8.97. The van der Waals surface area contributed by atoms with E-state index < -0.39 is 0 Å². The van der Waals surface area contributed by atoms with Gasteiger partial charge in [-0.15, -0.1) is 11.3 Å². The molecule has 1 saturated carbocycles. The molecule has 4 rings (SSSR count). The Labute approximate surface area is 164 Å². The third-order valence-electron chi connectivity index (χ3n) is 4.78. The number of aromatic nitrogens is 1. The van der Waals surface area contributed by atoms with Gasteiger partial charge in [-0.05, 0) is 37.5 Å². The van der Waals surface area contributed by atoms with Crippen LogP contribution in [0.2, 0.25) is 0 Å². The van der Waals surface area contributed by atoms with Crippen molar-refractivity contribution in [1.82, 2.24) is 15.6 Å². The number of rotatable bonds is 6. The van der Waals surface area contributed by atoms with Gasteiger partial charge in [0, 0.05) is 24.7 Å². The monoisotopic (exact) mass is 404 g/mol. The van der Waals surface area contributed by atoms with Crippen molar-refractivity contribution in [1.29, 1.82) is 0 Å². The maximum atomic E-state index is 12.2. The van der Waals surface area contributed by atoms with Gasteiger partial charge in [0.2, 0.25) is 17.7 Å². The number of benzene rings is 1. The standard InChI is InChI=1S/C18H20N4O3S2/c23-15-6-10(8-19-15)17(25)21-12-4-5-13-14(7-12)27-18(22-13)26-9-16(24)20-11-2-1-3-11/h4-5,7,10-11H,1-3,6,8-9H2,(H,19,23)(H,20,24)(H,21,25). The second-order valence-corrected chi connectivity index (χ2v) is 9.09. The Bertz CT molecular complexity index is 894. The van der Waals surface area contributed by atoms with Gasteiger partial charge in [0.05, 0.1) is 21.9 Å². The summed E-state index contributed by atoms with van der Waals surface area (Å²) in [6.45, 7) is 0.386. The molecule has 2 aromatic rings. The molecular weight excluding hydrogens is 384 g/mol. The van der Waals surface area contributed by atoms with Crippen molar-refractivity contribution >= 4 is 56.7 Å². The summed E-state index contributed by atoms with van der Waals surface area (Å²) in [4.78, 5) is 39.9. The number of nitrogens with one attached hydrogen (secondary N) is 3. The fraction of sp³-hybridized carbons (Fsp3) is 0.444. The molecule has 3 N–H and O–H groups in total. The van der Waals surface area contributed by atoms with E-state index in [1.807, 2.05) is 18.2 Å². The van der Waals surface area contributed by atoms with E-state index in [-0.39, 0.29) is 30.1 Å². The second kappa shape index (κ2) is 7.85. The highest BCUT2D eigenvalue weighted by atomic mass is 32.2. The Morgan fingerprint density at radius 1 is 1.33 bits per heavy atom. The Morgan fingerprint density at radius 3 is 2.89 bits per heavy atom. The van der Waals surface area contributed by atoms with Gasteiger partial charge in [0.15, 0.2) is 4.34 Å². The number of amides is 3. The minimum Gasteiger partial charge on any atom is -0.355 e. The number of anilines is 1. The van der Waals surface area contributed by atoms with Crippen molar-refractivity contribution in [3.8, 4) is 0 Å². The first-order valence-corrected chi connectivity index (χ1v) is 10.8. The predicted molar refractivity (Wildman–Crippen MR) is 106 cm³/mol. The van der Waals surface area contributed by atoms with Crippen molar-refractivity contribution in [2.75, 3.05) is 17.6 Å². The van der Waals surface area contributed by atoms with Crippen molar-refractivity contribution in [2.24, 2.45) is 5.92 Å². The molecule has 1 aliphatic carbocycles. The van der Waals surface area contributed by atoms with Gasteiger partial charge in [0.25, 0.3) is 0 Å². The molecule has 142 valence electrons. The molecule has 1 aromatic heterocycles. The molecule has 0 radical (unpaired) electrons. The van der Waals surface area contributed by atoms with Crippen LogP contribution in [-0.2, 0) is 14.4 Å². The number of fused-ring (bicyclic) bond motifs is 1. The molecule has 2 fully saturated rings. The molecule has 7 nitrogen and oxygen atoms in total. The summed E-state index contributed by atoms with van der Waals surface area (Å²) < 4.78 is 1.79. The minimum atomic E-state index is -0.324. The van der Waals surface area contributed by atoms with Gasteiger partial charge in [0.1, 0.15) is 0 Å². The van der Waals surface area contributed by atoms with E-state index in [0.717, 1.165) is 27.4 Å². The highest BCUT2D eigenvalue weighted by molar-refractivity contribution is 8.01. The average Bonchev–Trinajstić information content (AvgIpc) is 3.22. The summed E-state index contributed by atoms with van der Waals surface area (Å²) >= 11 is 2.94. The molecular formula is C18H20N4O3S2.